The molecule has 1 aliphatic rings. The molecule has 1 aliphatic heterocycles. The second-order valence-corrected chi connectivity index (χ2v) is 5.19. The second-order valence-electron chi connectivity index (χ2n) is 5.19. The number of hydrogen-bond donors (Lipinski definition) is 1. The Labute approximate surface area is 120 Å². The van der Waals surface area contributed by atoms with E-state index in [4.69, 9.17) is 14.7 Å². The smallest absolute Gasteiger partial charge is 0.121 e. The number of nitriles is 1. The van der Waals surface area contributed by atoms with Crippen molar-refractivity contribution in [2.75, 3.05) is 18.5 Å². The summed E-state index contributed by atoms with van der Waals surface area (Å²) in [6.07, 6.45) is 3.71. The van der Waals surface area contributed by atoms with E-state index in [0.29, 0.717) is 25.2 Å². The van der Waals surface area contributed by atoms with Crippen molar-refractivity contribution >= 4 is 5.69 Å². The maximum Gasteiger partial charge on any atom is 0.121 e. The van der Waals surface area contributed by atoms with Crippen molar-refractivity contribution in [2.45, 2.75) is 44.8 Å². The zero-order valence-corrected chi connectivity index (χ0v) is 12.0. The number of nitrogens with zero attached hydrogens (tertiary/aromatic N) is 1. The molecule has 2 rings (SSSR count). The molecule has 2 unspecified atom stereocenters. The maximum absolute atomic E-state index is 8.49. The summed E-state index contributed by atoms with van der Waals surface area (Å²) < 4.78 is 11.2. The molecule has 20 heavy (non-hydrogen) atoms. The predicted octanol–water partition coefficient (Wildman–Crippen LogP) is 3.35. The largest absolute Gasteiger partial charge is 0.493 e. The second kappa shape index (κ2) is 7.76. The fourth-order valence-electron chi connectivity index (χ4n) is 2.38. The number of benzene rings is 1. The topological polar surface area (TPSA) is 54.3 Å². The Hall–Kier alpha value is -1.73. The van der Waals surface area contributed by atoms with Crippen LogP contribution in [-0.4, -0.2) is 25.4 Å². The highest BCUT2D eigenvalue weighted by Crippen LogP contribution is 2.22. The fraction of sp³-hybridized carbons (Fsp3) is 0.562. The highest BCUT2D eigenvalue weighted by molar-refractivity contribution is 5.48. The molecule has 0 spiro atoms. The molecule has 108 valence electrons. The van der Waals surface area contributed by atoms with E-state index in [1.165, 1.54) is 0 Å². The lowest BCUT2D eigenvalue weighted by atomic mass is 10.0. The third kappa shape index (κ3) is 4.75. The molecule has 1 aromatic rings. The molecule has 4 heteroatoms. The van der Waals surface area contributed by atoms with E-state index in [-0.39, 0.29) is 0 Å². The van der Waals surface area contributed by atoms with E-state index in [2.05, 4.69) is 24.4 Å². The molecule has 0 aromatic heterocycles. The third-order valence-corrected chi connectivity index (χ3v) is 3.39. The summed E-state index contributed by atoms with van der Waals surface area (Å²) in [5, 5.41) is 12.0. The van der Waals surface area contributed by atoms with Gasteiger partial charge in [-0.3, -0.25) is 0 Å². The Morgan fingerprint density at radius 3 is 3.20 bits per heavy atom. The number of ether oxygens (including phenoxy) is 2. The minimum atomic E-state index is 0.326. The van der Waals surface area contributed by atoms with Gasteiger partial charge in [0, 0.05) is 30.8 Å². The summed E-state index contributed by atoms with van der Waals surface area (Å²) in [6, 6.07) is 10.6. The molecule has 0 aliphatic carbocycles. The Kier molecular flexibility index (Phi) is 5.69. The van der Waals surface area contributed by atoms with Crippen LogP contribution in [-0.2, 0) is 4.74 Å². The Morgan fingerprint density at radius 1 is 1.50 bits per heavy atom. The standard InChI is InChI=1S/C16H22N2O2/c1-13-11-15(7-10-19-13)18-14-5-4-6-16(12-14)20-9-3-2-8-17/h4-6,12-13,15,18H,2-3,7,9-11H2,1H3. The average Bonchev–Trinajstić information content (AvgIpc) is 2.44. The average molecular weight is 274 g/mol. The first kappa shape index (κ1) is 14.7. The predicted molar refractivity (Wildman–Crippen MR) is 78.8 cm³/mol. The van der Waals surface area contributed by atoms with Crippen molar-refractivity contribution in [3.63, 3.8) is 0 Å². The van der Waals surface area contributed by atoms with E-state index in [1.807, 2.05) is 18.2 Å². The molecule has 1 heterocycles. The summed E-state index contributed by atoms with van der Waals surface area (Å²) in [4.78, 5) is 0. The molecule has 2 atom stereocenters. The van der Waals surface area contributed by atoms with Gasteiger partial charge in [0.1, 0.15) is 5.75 Å². The van der Waals surface area contributed by atoms with Gasteiger partial charge in [-0.15, -0.1) is 0 Å². The number of anilines is 1. The van der Waals surface area contributed by atoms with E-state index in [0.717, 1.165) is 37.3 Å². The van der Waals surface area contributed by atoms with E-state index in [9.17, 15) is 0 Å². The number of unbranched alkanes of at least 4 members (excludes halogenated alkanes) is 1. The van der Waals surface area contributed by atoms with Crippen LogP contribution < -0.4 is 10.1 Å². The normalized spacial score (nSPS) is 22.0. The lowest BCUT2D eigenvalue weighted by Crippen LogP contribution is -2.32. The van der Waals surface area contributed by atoms with Crippen LogP contribution in [0.4, 0.5) is 5.69 Å². The Balaban J connectivity index is 1.84. The first-order chi connectivity index (χ1) is 9.78. The van der Waals surface area contributed by atoms with Crippen molar-refractivity contribution in [1.82, 2.24) is 0 Å². The Bertz CT molecular complexity index is 456. The van der Waals surface area contributed by atoms with Gasteiger partial charge in [0.25, 0.3) is 0 Å². The van der Waals surface area contributed by atoms with Gasteiger partial charge in [-0.05, 0) is 38.3 Å². The van der Waals surface area contributed by atoms with Gasteiger partial charge in [0.15, 0.2) is 0 Å². The van der Waals surface area contributed by atoms with Crippen LogP contribution in [0, 0.1) is 11.3 Å². The molecule has 0 amide bonds. The van der Waals surface area contributed by atoms with Gasteiger partial charge >= 0.3 is 0 Å². The first-order valence-corrected chi connectivity index (χ1v) is 7.26. The van der Waals surface area contributed by atoms with Crippen LogP contribution in [0.1, 0.15) is 32.6 Å². The zero-order chi connectivity index (χ0) is 14.2. The van der Waals surface area contributed by atoms with Gasteiger partial charge in [-0.1, -0.05) is 6.07 Å². The minimum absolute atomic E-state index is 0.326. The van der Waals surface area contributed by atoms with Gasteiger partial charge in [0.05, 0.1) is 18.8 Å². The highest BCUT2D eigenvalue weighted by atomic mass is 16.5. The molecule has 1 N–H and O–H groups in total. The molecule has 1 aromatic carbocycles. The molecule has 0 radical (unpaired) electrons. The fourth-order valence-corrected chi connectivity index (χ4v) is 2.38. The molecule has 0 bridgehead atoms. The van der Waals surface area contributed by atoms with Crippen LogP contribution in [0.25, 0.3) is 0 Å². The summed E-state index contributed by atoms with van der Waals surface area (Å²) in [7, 11) is 0. The van der Waals surface area contributed by atoms with Crippen molar-refractivity contribution in [3.8, 4) is 11.8 Å². The van der Waals surface area contributed by atoms with Crippen molar-refractivity contribution in [3.05, 3.63) is 24.3 Å². The number of nitrogens with one attached hydrogen (secondary N) is 1. The SMILES string of the molecule is CC1CC(Nc2cccc(OCCCC#N)c2)CCO1. The van der Waals surface area contributed by atoms with E-state index in [1.54, 1.807) is 0 Å². The molecular weight excluding hydrogens is 252 g/mol. The van der Waals surface area contributed by atoms with Gasteiger partial charge in [-0.25, -0.2) is 0 Å². The van der Waals surface area contributed by atoms with Crippen LogP contribution in [0.3, 0.4) is 0 Å². The highest BCUT2D eigenvalue weighted by Gasteiger charge is 2.18. The van der Waals surface area contributed by atoms with Gasteiger partial charge in [0.2, 0.25) is 0 Å². The van der Waals surface area contributed by atoms with E-state index >= 15 is 0 Å². The third-order valence-electron chi connectivity index (χ3n) is 3.39. The van der Waals surface area contributed by atoms with Crippen LogP contribution >= 0.6 is 0 Å². The quantitative estimate of drug-likeness (QED) is 0.808. The molecule has 1 saturated heterocycles. The molecule has 1 fully saturated rings. The van der Waals surface area contributed by atoms with E-state index < -0.39 is 0 Å². The Morgan fingerprint density at radius 2 is 2.40 bits per heavy atom. The van der Waals surface area contributed by atoms with Crippen LogP contribution in [0.15, 0.2) is 24.3 Å². The molecular formula is C16H22N2O2. The summed E-state index contributed by atoms with van der Waals surface area (Å²) in [6.45, 7) is 3.52. The summed E-state index contributed by atoms with van der Waals surface area (Å²) >= 11 is 0. The number of hydrogen-bond acceptors (Lipinski definition) is 4. The van der Waals surface area contributed by atoms with Crippen molar-refractivity contribution in [2.24, 2.45) is 0 Å². The van der Waals surface area contributed by atoms with Crippen molar-refractivity contribution in [1.29, 1.82) is 5.26 Å². The van der Waals surface area contributed by atoms with Gasteiger partial charge < -0.3 is 14.8 Å². The monoisotopic (exact) mass is 274 g/mol. The maximum atomic E-state index is 8.49. The van der Waals surface area contributed by atoms with Gasteiger partial charge in [-0.2, -0.15) is 5.26 Å². The first-order valence-electron chi connectivity index (χ1n) is 7.26. The zero-order valence-electron chi connectivity index (χ0n) is 12.0. The minimum Gasteiger partial charge on any atom is -0.493 e. The van der Waals surface area contributed by atoms with Crippen LogP contribution in [0.5, 0.6) is 5.75 Å². The summed E-state index contributed by atoms with van der Waals surface area (Å²) in [5.41, 5.74) is 1.09. The lowest BCUT2D eigenvalue weighted by molar-refractivity contribution is 0.0232. The number of rotatable bonds is 6. The molecule has 0 saturated carbocycles. The lowest BCUT2D eigenvalue weighted by Gasteiger charge is -2.28. The molecule has 4 nitrogen and oxygen atoms in total. The van der Waals surface area contributed by atoms with Crippen LogP contribution in [0.2, 0.25) is 0 Å². The summed E-state index contributed by atoms with van der Waals surface area (Å²) in [5.74, 6) is 0.855. The van der Waals surface area contributed by atoms with Crippen molar-refractivity contribution < 1.29 is 9.47 Å².